The molecular weight excluding hydrogens is 1440 g/mol. The van der Waals surface area contributed by atoms with E-state index in [1.807, 2.05) is 64.1 Å². The second kappa shape index (κ2) is 27.4. The highest BCUT2D eigenvalue weighted by Crippen LogP contribution is 2.46. The number of halogens is 8. The van der Waals surface area contributed by atoms with Crippen LogP contribution >= 0.6 is 127 Å². The molecule has 390 valence electrons. The largest absolute Gasteiger partial charge is 0.506 e. The van der Waals surface area contributed by atoms with Gasteiger partial charge in [-0.05, 0) is 200 Å². The summed E-state index contributed by atoms with van der Waals surface area (Å²) in [6, 6.07) is 15.9. The molecule has 0 bridgehead atoms. The first-order valence-corrected chi connectivity index (χ1v) is 28.3. The third kappa shape index (κ3) is 17.7. The fourth-order valence-electron chi connectivity index (χ4n) is 6.49. The van der Waals surface area contributed by atoms with Gasteiger partial charge in [-0.25, -0.2) is 9.59 Å². The minimum Gasteiger partial charge on any atom is -0.506 e. The summed E-state index contributed by atoms with van der Waals surface area (Å²) in [5, 5.41) is 40.8. The molecule has 0 heterocycles. The maximum Gasteiger partial charge on any atom is 0.333 e. The van der Waals surface area contributed by atoms with Gasteiger partial charge in [0.05, 0.1) is 45.1 Å². The maximum atomic E-state index is 11.7. The Morgan fingerprint density at radius 1 is 0.521 bits per heavy atom. The summed E-state index contributed by atoms with van der Waals surface area (Å²) in [4.78, 5) is 22.5. The quantitative estimate of drug-likeness (QED) is 0.0464. The molecule has 4 N–H and O–H groups in total. The summed E-state index contributed by atoms with van der Waals surface area (Å²) < 4.78 is 33.8. The number of carbonyl (C=O) groups is 2. The lowest BCUT2D eigenvalue weighted by atomic mass is 9.77. The lowest BCUT2D eigenvalue weighted by Gasteiger charge is -2.32. The minimum atomic E-state index is -1.02. The molecule has 4 aromatic rings. The lowest BCUT2D eigenvalue weighted by molar-refractivity contribution is -0.143. The van der Waals surface area contributed by atoms with Gasteiger partial charge >= 0.3 is 11.9 Å². The lowest BCUT2D eigenvalue weighted by Crippen LogP contribution is -2.31. The molecule has 0 aromatic heterocycles. The van der Waals surface area contributed by atoms with Gasteiger partial charge in [0.15, 0.2) is 0 Å². The molecule has 19 heteroatoms. The molecule has 0 aliphatic rings. The van der Waals surface area contributed by atoms with Crippen LogP contribution in [0.2, 0.25) is 0 Å². The molecule has 0 saturated heterocycles. The standard InChI is InChI=1S/C43H44Br8O8.C9H16O3/c1-21(2)40(55)58-19-26(52)17-56-38-32(48)13-24(14-33(38)49)41(3,4)22-9-28(44)36(29(45)10-22)43(7,8)59-20-27(53)18-57-39-34(50)15-25(16-35(39)51)42(5,6)23-11-30(46)37(54)31(47)12-23;1-6(2)8(10)5-12-9(11)7(3)4/h9-16,26-27,52-54H,1,17-20H2,2-8H3;6,8,10H,3,5H2,1-2,4H3. The highest BCUT2D eigenvalue weighted by atomic mass is 79.9. The highest BCUT2D eigenvalue weighted by Gasteiger charge is 2.33. The van der Waals surface area contributed by atoms with Crippen molar-refractivity contribution in [3.05, 3.63) is 136 Å². The van der Waals surface area contributed by atoms with Gasteiger partial charge in [-0.1, -0.05) is 86.6 Å². The molecule has 3 unspecified atom stereocenters. The zero-order valence-corrected chi connectivity index (χ0v) is 53.7. The average molecular weight is 1500 g/mol. The molecule has 0 fully saturated rings. The molecule has 4 aromatic carbocycles. The first-order valence-electron chi connectivity index (χ1n) is 22.0. The predicted molar refractivity (Wildman–Crippen MR) is 308 cm³/mol. The second-order valence-corrected chi connectivity index (χ2v) is 25.5. The van der Waals surface area contributed by atoms with Gasteiger partial charge in [0, 0.05) is 36.5 Å². The van der Waals surface area contributed by atoms with Crippen LogP contribution in [-0.2, 0) is 40.2 Å². The summed E-state index contributed by atoms with van der Waals surface area (Å²) in [5.74, 6) is 0.284. The van der Waals surface area contributed by atoms with Gasteiger partial charge in [-0.3, -0.25) is 0 Å². The number of carbonyl (C=O) groups excluding carboxylic acids is 2. The highest BCUT2D eigenvalue weighted by molar-refractivity contribution is 9.12. The topological polar surface area (TPSA) is 161 Å². The van der Waals surface area contributed by atoms with Crippen LogP contribution in [0, 0.1) is 5.92 Å². The van der Waals surface area contributed by atoms with Crippen LogP contribution in [0.4, 0.5) is 0 Å². The van der Waals surface area contributed by atoms with Gasteiger partial charge in [-0.2, -0.15) is 0 Å². The van der Waals surface area contributed by atoms with E-state index in [0.29, 0.717) is 35.0 Å². The summed E-state index contributed by atoms with van der Waals surface area (Å²) >= 11 is 29.1. The zero-order valence-electron chi connectivity index (χ0n) is 41.0. The molecule has 0 spiro atoms. The molecule has 0 aliphatic heterocycles. The Bertz CT molecular complexity index is 2480. The first-order chi connectivity index (χ1) is 32.7. The molecule has 71 heavy (non-hydrogen) atoms. The zero-order chi connectivity index (χ0) is 54.1. The van der Waals surface area contributed by atoms with E-state index < -0.39 is 46.7 Å². The van der Waals surface area contributed by atoms with Crippen LogP contribution in [0.15, 0.2) is 109 Å². The van der Waals surface area contributed by atoms with E-state index in [1.54, 1.807) is 13.8 Å². The number of esters is 2. The predicted octanol–water partition coefficient (Wildman–Crippen LogP) is 14.8. The Balaban J connectivity index is 0.000000977. The van der Waals surface area contributed by atoms with E-state index in [2.05, 4.69) is 180 Å². The van der Waals surface area contributed by atoms with Gasteiger partial charge in [0.1, 0.15) is 55.9 Å². The molecule has 0 amide bonds. The Morgan fingerprint density at radius 2 is 0.831 bits per heavy atom. The second-order valence-electron chi connectivity index (χ2n) is 18.7. The summed E-state index contributed by atoms with van der Waals surface area (Å²) in [7, 11) is 0. The Hall–Kier alpha value is -1.62. The summed E-state index contributed by atoms with van der Waals surface area (Å²) in [6.07, 6.45) is -2.55. The number of hydrogen-bond acceptors (Lipinski definition) is 11. The van der Waals surface area contributed by atoms with Gasteiger partial charge in [0.2, 0.25) is 0 Å². The van der Waals surface area contributed by atoms with Crippen molar-refractivity contribution in [1.82, 2.24) is 0 Å². The fourth-order valence-corrected chi connectivity index (χ4v) is 12.6. The van der Waals surface area contributed by atoms with Crippen LogP contribution in [0.25, 0.3) is 0 Å². The molecule has 3 atom stereocenters. The van der Waals surface area contributed by atoms with Crippen molar-refractivity contribution in [1.29, 1.82) is 0 Å². The Morgan fingerprint density at radius 3 is 1.17 bits per heavy atom. The number of hydrogen-bond donors (Lipinski definition) is 4. The number of phenolic OH excluding ortho intramolecular Hbond substituents is 1. The number of phenols is 1. The molecule has 4 rings (SSSR count). The normalized spacial score (nSPS) is 13.2. The summed E-state index contributed by atoms with van der Waals surface area (Å²) in [6.45, 7) is 25.9. The SMILES string of the molecule is C=C(C)C(=O)OCC(O)C(C)C.C=C(C)C(=O)OCC(O)COc1c(Br)cc(C(C)(C)c2cc(Br)c(C(C)(C)OCC(O)COc3c(Br)cc(C(C)(C)c4cc(Br)c(O)c(Br)c4)cc3Br)c(Br)c2)cc1Br. The van der Waals surface area contributed by atoms with Crippen molar-refractivity contribution >= 4 is 139 Å². The monoisotopic (exact) mass is 1490 g/mol. The number of ether oxygens (including phenoxy) is 5. The number of rotatable bonds is 21. The van der Waals surface area contributed by atoms with E-state index >= 15 is 0 Å². The number of aliphatic hydroxyl groups is 3. The van der Waals surface area contributed by atoms with Gasteiger partial charge in [-0.15, -0.1) is 0 Å². The first kappa shape index (κ1) is 63.7. The van der Waals surface area contributed by atoms with Gasteiger partial charge in [0.25, 0.3) is 0 Å². The molecular formula is C52H60Br8O11. The van der Waals surface area contributed by atoms with Crippen LogP contribution in [-0.4, -0.2) is 83.7 Å². The van der Waals surface area contributed by atoms with E-state index in [1.165, 1.54) is 0 Å². The van der Waals surface area contributed by atoms with Crippen molar-refractivity contribution in [3.8, 4) is 17.2 Å². The number of aromatic hydroxyl groups is 1. The van der Waals surface area contributed by atoms with Crippen molar-refractivity contribution < 1.29 is 53.7 Å². The maximum absolute atomic E-state index is 11.7. The smallest absolute Gasteiger partial charge is 0.333 e. The molecule has 0 saturated carbocycles. The van der Waals surface area contributed by atoms with E-state index in [4.69, 9.17) is 23.7 Å². The Labute approximate surface area is 484 Å². The van der Waals surface area contributed by atoms with Crippen LogP contribution < -0.4 is 9.47 Å². The molecule has 0 aliphatic carbocycles. The van der Waals surface area contributed by atoms with Crippen molar-refractivity contribution in [2.75, 3.05) is 33.0 Å². The van der Waals surface area contributed by atoms with Crippen molar-refractivity contribution in [2.45, 2.75) is 104 Å². The van der Waals surface area contributed by atoms with E-state index in [9.17, 15) is 30.0 Å². The van der Waals surface area contributed by atoms with Crippen LogP contribution in [0.5, 0.6) is 17.2 Å². The molecule has 11 nitrogen and oxygen atoms in total. The van der Waals surface area contributed by atoms with E-state index in [0.717, 1.165) is 45.7 Å². The minimum absolute atomic E-state index is 0.0102. The summed E-state index contributed by atoms with van der Waals surface area (Å²) in [5.41, 5.74) is 3.76. The number of benzene rings is 4. The third-order valence-corrected chi connectivity index (χ3v) is 16.1. The van der Waals surface area contributed by atoms with Crippen molar-refractivity contribution in [3.63, 3.8) is 0 Å². The Kier molecular flexibility index (Phi) is 24.6. The molecule has 0 radical (unpaired) electrons. The van der Waals surface area contributed by atoms with Crippen LogP contribution in [0.1, 0.15) is 97.1 Å². The fraction of sp³-hybridized carbons (Fsp3) is 0.423. The van der Waals surface area contributed by atoms with E-state index in [-0.39, 0.29) is 50.3 Å². The van der Waals surface area contributed by atoms with Gasteiger partial charge < -0.3 is 44.1 Å². The average Bonchev–Trinajstić information content (AvgIpc) is 3.27. The van der Waals surface area contributed by atoms with Crippen LogP contribution in [0.3, 0.4) is 0 Å². The third-order valence-electron chi connectivity index (χ3n) is 11.3. The van der Waals surface area contributed by atoms with Crippen molar-refractivity contribution in [2.24, 2.45) is 5.92 Å². The number of aliphatic hydroxyl groups excluding tert-OH is 3.